The first-order valence-electron chi connectivity index (χ1n) is 10.8. The number of ether oxygens (including phenoxy) is 1. The number of aromatic nitrogens is 2. The van der Waals surface area contributed by atoms with Crippen molar-refractivity contribution in [1.29, 1.82) is 0 Å². The molecule has 1 aromatic heterocycles. The van der Waals surface area contributed by atoms with Gasteiger partial charge in [-0.15, -0.1) is 0 Å². The lowest BCUT2D eigenvalue weighted by molar-refractivity contribution is -0.146. The van der Waals surface area contributed by atoms with Crippen LogP contribution < -0.4 is 5.73 Å². The summed E-state index contributed by atoms with van der Waals surface area (Å²) in [5.41, 5.74) is 10.2. The molecule has 0 unspecified atom stereocenters. The zero-order valence-corrected chi connectivity index (χ0v) is 20.7. The average Bonchev–Trinajstić information content (AvgIpc) is 3.20. The van der Waals surface area contributed by atoms with E-state index in [1.807, 2.05) is 41.2 Å². The number of methoxy groups -OCH3 is 1. The van der Waals surface area contributed by atoms with E-state index in [-0.39, 0.29) is 11.9 Å². The minimum Gasteiger partial charge on any atom is -0.469 e. The van der Waals surface area contributed by atoms with Crippen LogP contribution in [0.15, 0.2) is 41.0 Å². The number of rotatable bonds is 6. The summed E-state index contributed by atoms with van der Waals surface area (Å²) < 4.78 is 7.85. The standard InChI is InChI=1S/C24H28BrClN4O2/c1-29(18-8-6-15(7-9-18)24(31)32-2)13-17-10-21(26)16(11-22(17)27)14-30-23-5-3-4-20(25)19(23)12-28-30/h3-5,10-12,15,18H,6-9,13-14,27H2,1-2H3/t15-,18-. The van der Waals surface area contributed by atoms with Gasteiger partial charge in [0.25, 0.3) is 0 Å². The quantitative estimate of drug-likeness (QED) is 0.356. The third-order valence-electron chi connectivity index (χ3n) is 6.54. The highest BCUT2D eigenvalue weighted by atomic mass is 79.9. The van der Waals surface area contributed by atoms with Crippen LogP contribution in [0, 0.1) is 5.92 Å². The Morgan fingerprint density at radius 2 is 2.03 bits per heavy atom. The van der Waals surface area contributed by atoms with Crippen LogP contribution in [0.4, 0.5) is 5.69 Å². The topological polar surface area (TPSA) is 73.4 Å². The third-order valence-corrected chi connectivity index (χ3v) is 7.58. The number of benzene rings is 2. The van der Waals surface area contributed by atoms with Crippen molar-refractivity contribution in [2.45, 2.75) is 44.8 Å². The van der Waals surface area contributed by atoms with Gasteiger partial charge < -0.3 is 10.5 Å². The van der Waals surface area contributed by atoms with Crippen molar-refractivity contribution in [2.75, 3.05) is 19.9 Å². The van der Waals surface area contributed by atoms with Crippen molar-refractivity contribution in [1.82, 2.24) is 14.7 Å². The SMILES string of the molecule is COC(=O)[C@H]1CC[C@H](N(C)Cc2cc(Cl)c(Cn3ncc4c(Br)cccc43)cc2N)CC1. The van der Waals surface area contributed by atoms with Gasteiger partial charge in [0.1, 0.15) is 0 Å². The van der Waals surface area contributed by atoms with E-state index >= 15 is 0 Å². The lowest BCUT2D eigenvalue weighted by Gasteiger charge is -2.34. The number of hydrogen-bond acceptors (Lipinski definition) is 5. The Morgan fingerprint density at radius 3 is 2.75 bits per heavy atom. The maximum Gasteiger partial charge on any atom is 0.308 e. The monoisotopic (exact) mass is 518 g/mol. The molecular weight excluding hydrogens is 492 g/mol. The van der Waals surface area contributed by atoms with Gasteiger partial charge >= 0.3 is 5.97 Å². The van der Waals surface area contributed by atoms with Gasteiger partial charge in [0.2, 0.25) is 0 Å². The summed E-state index contributed by atoms with van der Waals surface area (Å²) in [5.74, 6) is -0.0579. The summed E-state index contributed by atoms with van der Waals surface area (Å²) in [5, 5.41) is 6.28. The fourth-order valence-corrected chi connectivity index (χ4v) is 5.31. The van der Waals surface area contributed by atoms with Crippen LogP contribution in [0.25, 0.3) is 10.9 Å². The molecule has 0 spiro atoms. The van der Waals surface area contributed by atoms with Crippen molar-refractivity contribution in [3.8, 4) is 0 Å². The number of esters is 1. The number of carbonyl (C=O) groups is 1. The molecule has 0 amide bonds. The van der Waals surface area contributed by atoms with E-state index in [0.29, 0.717) is 17.6 Å². The molecule has 6 nitrogen and oxygen atoms in total. The number of nitrogens with two attached hydrogens (primary N) is 1. The molecule has 1 aliphatic rings. The molecular formula is C24H28BrClN4O2. The van der Waals surface area contributed by atoms with E-state index < -0.39 is 0 Å². The number of nitrogens with zero attached hydrogens (tertiary/aromatic N) is 3. The molecule has 0 saturated heterocycles. The Labute approximate surface area is 201 Å². The lowest BCUT2D eigenvalue weighted by atomic mass is 9.85. The molecule has 8 heteroatoms. The summed E-state index contributed by atoms with van der Waals surface area (Å²) in [6.45, 7) is 1.27. The molecule has 1 saturated carbocycles. The average molecular weight is 520 g/mol. The van der Waals surface area contributed by atoms with Gasteiger partial charge in [0.15, 0.2) is 0 Å². The van der Waals surface area contributed by atoms with Crippen molar-refractivity contribution >= 4 is 50.1 Å². The van der Waals surface area contributed by atoms with Gasteiger partial charge in [-0.2, -0.15) is 5.10 Å². The second-order valence-corrected chi connectivity index (χ2v) is 9.82. The zero-order valence-electron chi connectivity index (χ0n) is 18.4. The Hall–Kier alpha value is -2.09. The Morgan fingerprint density at radius 1 is 1.28 bits per heavy atom. The number of anilines is 1. The van der Waals surface area contributed by atoms with Crippen LogP contribution in [0.5, 0.6) is 0 Å². The molecule has 0 radical (unpaired) electrons. The second-order valence-electron chi connectivity index (χ2n) is 8.56. The van der Waals surface area contributed by atoms with Crippen molar-refractivity contribution in [3.63, 3.8) is 0 Å². The molecule has 0 aliphatic heterocycles. The van der Waals surface area contributed by atoms with Crippen molar-refractivity contribution < 1.29 is 9.53 Å². The molecule has 1 aliphatic carbocycles. The van der Waals surface area contributed by atoms with Gasteiger partial charge in [0.05, 0.1) is 31.3 Å². The highest BCUT2D eigenvalue weighted by Gasteiger charge is 2.29. The largest absolute Gasteiger partial charge is 0.469 e. The van der Waals surface area contributed by atoms with E-state index in [2.05, 4.69) is 33.0 Å². The van der Waals surface area contributed by atoms with Crippen LogP contribution in [0.2, 0.25) is 5.02 Å². The molecule has 3 aromatic rings. The predicted octanol–water partition coefficient (Wildman–Crippen LogP) is 5.25. The van der Waals surface area contributed by atoms with Gasteiger partial charge in [-0.1, -0.05) is 33.6 Å². The third kappa shape index (κ3) is 4.80. The molecule has 1 heterocycles. The maximum atomic E-state index is 11.8. The number of nitrogen functional groups attached to an aromatic ring is 1. The molecule has 2 aromatic carbocycles. The normalized spacial score (nSPS) is 18.9. The van der Waals surface area contributed by atoms with Crippen LogP contribution >= 0.6 is 27.5 Å². The van der Waals surface area contributed by atoms with Crippen LogP contribution in [0.1, 0.15) is 36.8 Å². The Kier molecular flexibility index (Phi) is 7.08. The second kappa shape index (κ2) is 9.81. The van der Waals surface area contributed by atoms with E-state index in [4.69, 9.17) is 22.1 Å². The van der Waals surface area contributed by atoms with Gasteiger partial charge in [0, 0.05) is 33.2 Å². The van der Waals surface area contributed by atoms with E-state index in [1.165, 1.54) is 7.11 Å². The maximum absolute atomic E-state index is 11.8. The fraction of sp³-hybridized carbons (Fsp3) is 0.417. The molecule has 0 bridgehead atoms. The first-order valence-corrected chi connectivity index (χ1v) is 12.0. The Balaban J connectivity index is 1.45. The molecule has 2 N–H and O–H groups in total. The highest BCUT2D eigenvalue weighted by molar-refractivity contribution is 9.10. The number of carbonyl (C=O) groups excluding carboxylic acids is 1. The molecule has 32 heavy (non-hydrogen) atoms. The Bertz CT molecular complexity index is 1120. The summed E-state index contributed by atoms with van der Waals surface area (Å²) in [6.07, 6.45) is 5.54. The van der Waals surface area contributed by atoms with Crippen LogP contribution in [0.3, 0.4) is 0 Å². The van der Waals surface area contributed by atoms with Crippen LogP contribution in [-0.2, 0) is 22.6 Å². The van der Waals surface area contributed by atoms with Crippen molar-refractivity contribution in [3.05, 3.63) is 57.2 Å². The molecule has 4 rings (SSSR count). The van der Waals surface area contributed by atoms with Crippen LogP contribution in [-0.4, -0.2) is 40.8 Å². The lowest BCUT2D eigenvalue weighted by Crippen LogP contribution is -2.36. The summed E-state index contributed by atoms with van der Waals surface area (Å²) in [7, 11) is 3.57. The smallest absolute Gasteiger partial charge is 0.308 e. The van der Waals surface area contributed by atoms with Crippen molar-refractivity contribution in [2.24, 2.45) is 5.92 Å². The highest BCUT2D eigenvalue weighted by Crippen LogP contribution is 2.31. The molecule has 0 atom stereocenters. The zero-order chi connectivity index (χ0) is 22.8. The first-order chi connectivity index (χ1) is 15.4. The summed E-state index contributed by atoms with van der Waals surface area (Å²) in [4.78, 5) is 14.1. The molecule has 1 fully saturated rings. The fourth-order valence-electron chi connectivity index (χ4n) is 4.61. The summed E-state index contributed by atoms with van der Waals surface area (Å²) in [6, 6.07) is 10.4. The number of fused-ring (bicyclic) bond motifs is 1. The molecule has 170 valence electrons. The number of hydrogen-bond donors (Lipinski definition) is 1. The number of halogens is 2. The van der Waals surface area contributed by atoms with Gasteiger partial charge in [-0.3, -0.25) is 14.4 Å². The van der Waals surface area contributed by atoms with Gasteiger partial charge in [-0.05, 0) is 68.1 Å². The minimum absolute atomic E-state index is 0.0300. The van der Waals surface area contributed by atoms with Gasteiger partial charge in [-0.25, -0.2) is 0 Å². The minimum atomic E-state index is -0.0879. The van der Waals surface area contributed by atoms with E-state index in [9.17, 15) is 4.79 Å². The van der Waals surface area contributed by atoms with E-state index in [0.717, 1.165) is 64.4 Å². The predicted molar refractivity (Wildman–Crippen MR) is 132 cm³/mol. The van der Waals surface area contributed by atoms with E-state index in [1.54, 1.807) is 0 Å². The first kappa shape index (κ1) is 23.1. The summed E-state index contributed by atoms with van der Waals surface area (Å²) >= 11 is 10.2.